The maximum Gasteiger partial charge on any atom is 0.291 e. The molecule has 0 unspecified atom stereocenters. The highest BCUT2D eigenvalue weighted by molar-refractivity contribution is 6.14. The molecule has 5 rings (SSSR count). The van der Waals surface area contributed by atoms with Gasteiger partial charge in [0.05, 0.1) is 5.69 Å². The Morgan fingerprint density at radius 3 is 2.62 bits per heavy atom. The van der Waals surface area contributed by atoms with Crippen LogP contribution in [0, 0.1) is 11.8 Å². The standard InChI is InChI=1S/C21H24N4O4/c22-15(26)10-9-14-16-17(19(28)25(18(16)27)11-5-1-2-6-11)21(24-14)12-7-3-4-8-13(12)23-20(21)29/h3-4,7-8,11,14,16-17,24H,1-2,5-6,9-10H2,(H2,22,26)(H,23,29)/p+1/t14-,16+,17-,21+/m0/s1. The number of likely N-dealkylation sites (tertiary alicyclic amines) is 1. The summed E-state index contributed by atoms with van der Waals surface area (Å²) < 4.78 is 0. The number of nitrogens with two attached hydrogens (primary N) is 2. The molecular formula is C21H25N4O4+. The second kappa shape index (κ2) is 6.38. The van der Waals surface area contributed by atoms with Crippen molar-refractivity contribution < 1.29 is 24.5 Å². The minimum atomic E-state index is -1.16. The van der Waals surface area contributed by atoms with Crippen molar-refractivity contribution >= 4 is 29.3 Å². The molecule has 4 atom stereocenters. The number of benzene rings is 1. The summed E-state index contributed by atoms with van der Waals surface area (Å²) in [5.41, 5.74) is 5.62. The molecule has 4 amide bonds. The molecule has 0 radical (unpaired) electrons. The molecule has 1 aliphatic carbocycles. The van der Waals surface area contributed by atoms with Crippen LogP contribution in [0.15, 0.2) is 24.3 Å². The first-order valence-electron chi connectivity index (χ1n) is 10.4. The number of rotatable bonds is 4. The highest BCUT2D eigenvalue weighted by atomic mass is 16.2. The molecular weight excluding hydrogens is 372 g/mol. The maximum atomic E-state index is 13.6. The Hall–Kier alpha value is -2.74. The average Bonchev–Trinajstić information content (AvgIpc) is 3.42. The monoisotopic (exact) mass is 397 g/mol. The second-order valence-electron chi connectivity index (χ2n) is 8.69. The van der Waals surface area contributed by atoms with Crippen molar-refractivity contribution in [2.75, 3.05) is 5.32 Å². The third kappa shape index (κ3) is 2.41. The molecule has 8 nitrogen and oxygen atoms in total. The molecule has 1 aromatic carbocycles. The molecule has 0 aromatic heterocycles. The highest BCUT2D eigenvalue weighted by Gasteiger charge is 2.74. The lowest BCUT2D eigenvalue weighted by Crippen LogP contribution is -2.99. The summed E-state index contributed by atoms with van der Waals surface area (Å²) in [5, 5.41) is 4.76. The normalized spacial score (nSPS) is 33.4. The van der Waals surface area contributed by atoms with Crippen LogP contribution >= 0.6 is 0 Å². The van der Waals surface area contributed by atoms with Crippen molar-refractivity contribution in [2.45, 2.75) is 56.1 Å². The summed E-state index contributed by atoms with van der Waals surface area (Å²) in [5.74, 6) is -2.50. The Morgan fingerprint density at radius 2 is 1.90 bits per heavy atom. The number of nitrogens with zero attached hydrogens (tertiary/aromatic N) is 1. The number of anilines is 1. The van der Waals surface area contributed by atoms with E-state index in [-0.39, 0.29) is 36.2 Å². The first-order valence-corrected chi connectivity index (χ1v) is 10.4. The summed E-state index contributed by atoms with van der Waals surface area (Å²) in [7, 11) is 0. The number of fused-ring (bicyclic) bond motifs is 4. The van der Waals surface area contributed by atoms with E-state index in [1.54, 1.807) is 0 Å². The highest BCUT2D eigenvalue weighted by Crippen LogP contribution is 2.50. The molecule has 0 bridgehead atoms. The van der Waals surface area contributed by atoms with Crippen LogP contribution in [0.1, 0.15) is 44.1 Å². The fourth-order valence-corrected chi connectivity index (χ4v) is 6.04. The van der Waals surface area contributed by atoms with Gasteiger partial charge >= 0.3 is 0 Å². The number of nitrogens with one attached hydrogen (secondary N) is 1. The molecule has 4 aliphatic rings. The van der Waals surface area contributed by atoms with Gasteiger partial charge in [-0.15, -0.1) is 0 Å². The number of imide groups is 1. The third-order valence-electron chi connectivity index (χ3n) is 7.22. The minimum absolute atomic E-state index is 0.0749. The summed E-state index contributed by atoms with van der Waals surface area (Å²) >= 11 is 0. The molecule has 2 saturated heterocycles. The van der Waals surface area contributed by atoms with Gasteiger partial charge in [0, 0.05) is 24.4 Å². The Morgan fingerprint density at radius 1 is 1.17 bits per heavy atom. The van der Waals surface area contributed by atoms with E-state index >= 15 is 0 Å². The van der Waals surface area contributed by atoms with Crippen molar-refractivity contribution in [1.29, 1.82) is 0 Å². The van der Waals surface area contributed by atoms with E-state index in [0.29, 0.717) is 12.1 Å². The first kappa shape index (κ1) is 18.3. The first-order chi connectivity index (χ1) is 13.9. The van der Waals surface area contributed by atoms with Gasteiger partial charge in [0.1, 0.15) is 17.9 Å². The van der Waals surface area contributed by atoms with Crippen molar-refractivity contribution in [3.63, 3.8) is 0 Å². The van der Waals surface area contributed by atoms with Crippen LogP contribution < -0.4 is 16.4 Å². The van der Waals surface area contributed by atoms with Gasteiger partial charge in [0.15, 0.2) is 0 Å². The number of hydrogen-bond donors (Lipinski definition) is 3. The van der Waals surface area contributed by atoms with E-state index in [0.717, 1.165) is 31.2 Å². The summed E-state index contributed by atoms with van der Waals surface area (Å²) in [6.07, 6.45) is 4.14. The third-order valence-corrected chi connectivity index (χ3v) is 7.22. The summed E-state index contributed by atoms with van der Waals surface area (Å²) in [6.45, 7) is 0. The summed E-state index contributed by atoms with van der Waals surface area (Å²) in [4.78, 5) is 53.1. The lowest BCUT2D eigenvalue weighted by molar-refractivity contribution is -0.734. The molecule has 1 saturated carbocycles. The second-order valence-corrected chi connectivity index (χ2v) is 8.69. The number of carbonyl (C=O) groups excluding carboxylic acids is 4. The van der Waals surface area contributed by atoms with Gasteiger partial charge in [0.25, 0.3) is 5.91 Å². The van der Waals surface area contributed by atoms with Gasteiger partial charge in [-0.3, -0.25) is 24.1 Å². The largest absolute Gasteiger partial charge is 0.370 e. The van der Waals surface area contributed by atoms with Gasteiger partial charge in [0.2, 0.25) is 23.3 Å². The van der Waals surface area contributed by atoms with E-state index in [2.05, 4.69) is 5.32 Å². The molecule has 3 aliphatic heterocycles. The van der Waals surface area contributed by atoms with Crippen molar-refractivity contribution in [1.82, 2.24) is 4.90 Å². The van der Waals surface area contributed by atoms with E-state index in [9.17, 15) is 19.2 Å². The molecule has 5 N–H and O–H groups in total. The van der Waals surface area contributed by atoms with Crippen LogP contribution in [0.3, 0.4) is 0 Å². The predicted molar refractivity (Wildman–Crippen MR) is 102 cm³/mol. The minimum Gasteiger partial charge on any atom is -0.370 e. The number of quaternary nitrogens is 1. The van der Waals surface area contributed by atoms with Crippen LogP contribution in [0.4, 0.5) is 5.69 Å². The Kier molecular flexibility index (Phi) is 4.03. The number of hydrogen-bond acceptors (Lipinski definition) is 4. The van der Waals surface area contributed by atoms with Crippen LogP contribution in [-0.4, -0.2) is 40.6 Å². The van der Waals surface area contributed by atoms with Crippen molar-refractivity contribution in [3.05, 3.63) is 29.8 Å². The van der Waals surface area contributed by atoms with Crippen LogP contribution in [0.2, 0.25) is 0 Å². The fourth-order valence-electron chi connectivity index (χ4n) is 6.04. The zero-order chi connectivity index (χ0) is 20.3. The van der Waals surface area contributed by atoms with Gasteiger partial charge in [-0.1, -0.05) is 31.0 Å². The van der Waals surface area contributed by atoms with Gasteiger partial charge in [-0.05, 0) is 18.9 Å². The van der Waals surface area contributed by atoms with Gasteiger partial charge < -0.3 is 16.4 Å². The Balaban J connectivity index is 1.61. The number of para-hydroxylation sites is 1. The van der Waals surface area contributed by atoms with Gasteiger partial charge in [-0.2, -0.15) is 0 Å². The maximum absolute atomic E-state index is 13.6. The van der Waals surface area contributed by atoms with E-state index in [4.69, 9.17) is 5.73 Å². The topological polar surface area (TPSA) is 126 Å². The molecule has 3 fully saturated rings. The summed E-state index contributed by atoms with van der Waals surface area (Å²) in [6, 6.07) is 6.93. The molecule has 8 heteroatoms. The molecule has 1 spiro atoms. The van der Waals surface area contributed by atoms with Gasteiger partial charge in [-0.25, -0.2) is 0 Å². The average molecular weight is 397 g/mol. The zero-order valence-corrected chi connectivity index (χ0v) is 16.1. The molecule has 3 heterocycles. The Bertz CT molecular complexity index is 925. The van der Waals surface area contributed by atoms with Crippen LogP contribution in [0.25, 0.3) is 0 Å². The lowest BCUT2D eigenvalue weighted by atomic mass is 9.76. The lowest BCUT2D eigenvalue weighted by Gasteiger charge is -2.28. The number of carbonyl (C=O) groups is 4. The molecule has 152 valence electrons. The predicted octanol–water partition coefficient (Wildman–Crippen LogP) is -0.411. The smallest absolute Gasteiger partial charge is 0.291 e. The number of amides is 4. The molecule has 29 heavy (non-hydrogen) atoms. The van der Waals surface area contributed by atoms with E-state index in [1.165, 1.54) is 4.90 Å². The van der Waals surface area contributed by atoms with E-state index < -0.39 is 23.3 Å². The van der Waals surface area contributed by atoms with E-state index in [1.807, 2.05) is 29.6 Å². The number of primary amides is 1. The van der Waals surface area contributed by atoms with Crippen molar-refractivity contribution in [3.8, 4) is 0 Å². The Labute approximate surface area is 168 Å². The van der Waals surface area contributed by atoms with Crippen LogP contribution in [-0.2, 0) is 24.7 Å². The molecule has 1 aromatic rings. The van der Waals surface area contributed by atoms with Crippen LogP contribution in [0.5, 0.6) is 0 Å². The van der Waals surface area contributed by atoms with Crippen molar-refractivity contribution in [2.24, 2.45) is 17.6 Å². The zero-order valence-electron chi connectivity index (χ0n) is 16.1. The SMILES string of the molecule is NC(=O)CC[C@@H]1[NH2+][C@@]2(C(=O)Nc3ccccc32)[C@@H]2C(=O)N(C3CCCC3)C(=O)[C@H]12. The fraction of sp³-hybridized carbons (Fsp3) is 0.524. The quantitative estimate of drug-likeness (QED) is 0.597.